The molecule has 1 atom stereocenters. The van der Waals surface area contributed by atoms with Gasteiger partial charge in [0.2, 0.25) is 17.7 Å². The van der Waals surface area contributed by atoms with E-state index in [-0.39, 0.29) is 17.7 Å². The van der Waals surface area contributed by atoms with Crippen molar-refractivity contribution >= 4 is 23.4 Å². The van der Waals surface area contributed by atoms with Crippen LogP contribution in [0, 0.1) is 0 Å². The van der Waals surface area contributed by atoms with Crippen LogP contribution in [0.15, 0.2) is 30.3 Å². The first-order chi connectivity index (χ1) is 12.9. The minimum Gasteiger partial charge on any atom is -0.345 e. The van der Waals surface area contributed by atoms with E-state index in [1.54, 1.807) is 11.8 Å². The Labute approximate surface area is 161 Å². The van der Waals surface area contributed by atoms with Gasteiger partial charge in [-0.25, -0.2) is 0 Å². The molecule has 1 aromatic carbocycles. The van der Waals surface area contributed by atoms with Crippen LogP contribution in [0.5, 0.6) is 0 Å². The van der Waals surface area contributed by atoms with Gasteiger partial charge in [0.15, 0.2) is 0 Å². The lowest BCUT2D eigenvalue weighted by atomic mass is 9.78. The van der Waals surface area contributed by atoms with E-state index in [0.717, 1.165) is 31.4 Å². The Kier molecular flexibility index (Phi) is 7.39. The number of benzene rings is 1. The number of carbonyl (C=O) groups excluding carboxylic acids is 3. The van der Waals surface area contributed by atoms with E-state index in [9.17, 15) is 14.4 Å². The molecular formula is C21H31N3O3. The van der Waals surface area contributed by atoms with Crippen LogP contribution in [0.3, 0.4) is 0 Å². The smallest absolute Gasteiger partial charge is 0.250 e. The van der Waals surface area contributed by atoms with Crippen molar-refractivity contribution in [2.24, 2.45) is 0 Å². The number of amides is 3. The predicted octanol–water partition coefficient (Wildman–Crippen LogP) is 3.09. The Balaban J connectivity index is 2.33. The molecule has 6 nitrogen and oxygen atoms in total. The molecule has 0 aromatic heterocycles. The molecule has 1 unspecified atom stereocenters. The highest BCUT2D eigenvalue weighted by Gasteiger charge is 2.47. The summed E-state index contributed by atoms with van der Waals surface area (Å²) in [5, 5.41) is 5.67. The van der Waals surface area contributed by atoms with Crippen LogP contribution in [0.4, 0.5) is 5.69 Å². The second-order valence-electron chi connectivity index (χ2n) is 7.32. The molecule has 148 valence electrons. The van der Waals surface area contributed by atoms with E-state index in [4.69, 9.17) is 0 Å². The van der Waals surface area contributed by atoms with E-state index in [1.165, 1.54) is 6.92 Å². The number of carbonyl (C=O) groups is 3. The maximum absolute atomic E-state index is 13.4. The van der Waals surface area contributed by atoms with Gasteiger partial charge in [0.25, 0.3) is 0 Å². The maximum Gasteiger partial charge on any atom is 0.250 e. The second-order valence-corrected chi connectivity index (χ2v) is 7.32. The largest absolute Gasteiger partial charge is 0.345 e. The number of hydrogen-bond donors (Lipinski definition) is 2. The molecule has 6 heteroatoms. The molecule has 0 saturated heterocycles. The topological polar surface area (TPSA) is 78.5 Å². The summed E-state index contributed by atoms with van der Waals surface area (Å²) in [7, 11) is 0. The molecule has 27 heavy (non-hydrogen) atoms. The van der Waals surface area contributed by atoms with Gasteiger partial charge in [-0.05, 0) is 38.3 Å². The van der Waals surface area contributed by atoms with Crippen molar-refractivity contribution in [2.75, 3.05) is 11.9 Å². The molecule has 0 aliphatic heterocycles. The predicted molar refractivity (Wildman–Crippen MR) is 106 cm³/mol. The zero-order valence-electron chi connectivity index (χ0n) is 16.6. The maximum atomic E-state index is 13.4. The lowest BCUT2D eigenvalue weighted by Crippen LogP contribution is -2.63. The summed E-state index contributed by atoms with van der Waals surface area (Å²) in [5.41, 5.74) is -0.139. The first-order valence-electron chi connectivity index (χ1n) is 9.86. The van der Waals surface area contributed by atoms with Crippen LogP contribution in [-0.2, 0) is 14.4 Å². The molecule has 1 aliphatic carbocycles. The summed E-state index contributed by atoms with van der Waals surface area (Å²) in [6.07, 6.45) is 4.91. The van der Waals surface area contributed by atoms with Crippen molar-refractivity contribution in [3.8, 4) is 0 Å². The fourth-order valence-electron chi connectivity index (χ4n) is 3.88. The van der Waals surface area contributed by atoms with E-state index < -0.39 is 11.6 Å². The quantitative estimate of drug-likeness (QED) is 0.771. The summed E-state index contributed by atoms with van der Waals surface area (Å²) in [4.78, 5) is 39.6. The highest BCUT2D eigenvalue weighted by Crippen LogP contribution is 2.35. The molecule has 0 radical (unpaired) electrons. The first kappa shape index (κ1) is 20.9. The number of hydrogen-bond acceptors (Lipinski definition) is 3. The minimum atomic E-state index is -0.867. The average Bonchev–Trinajstić information content (AvgIpc) is 2.66. The molecule has 1 fully saturated rings. The highest BCUT2D eigenvalue weighted by molar-refractivity contribution is 6.01. The minimum absolute atomic E-state index is 0.134. The molecule has 2 N–H and O–H groups in total. The standard InChI is InChI=1S/C21H31N3O3/c1-4-15-24(19(26)16(2)22-17(3)25)21(13-9-6-10-14-21)20(27)23-18-11-7-5-8-12-18/h5,7-8,11-12,16H,4,6,9-10,13-15H2,1-3H3,(H,22,25)(H,23,27). The SMILES string of the molecule is CCCN(C(=O)C(C)NC(C)=O)C1(C(=O)Nc2ccccc2)CCCCC1. The number of nitrogens with zero attached hydrogens (tertiary/aromatic N) is 1. The number of rotatable bonds is 7. The molecule has 0 spiro atoms. The fraction of sp³-hybridized carbons (Fsp3) is 0.571. The normalized spacial score (nSPS) is 16.9. The van der Waals surface area contributed by atoms with E-state index >= 15 is 0 Å². The van der Waals surface area contributed by atoms with Crippen molar-refractivity contribution in [3.05, 3.63) is 30.3 Å². The average molecular weight is 373 g/mol. The van der Waals surface area contributed by atoms with Gasteiger partial charge in [0.1, 0.15) is 11.6 Å². The van der Waals surface area contributed by atoms with Gasteiger partial charge in [-0.1, -0.05) is 44.4 Å². The fourth-order valence-corrected chi connectivity index (χ4v) is 3.88. The Bertz CT molecular complexity index is 654. The third-order valence-electron chi connectivity index (χ3n) is 5.16. The van der Waals surface area contributed by atoms with Crippen LogP contribution >= 0.6 is 0 Å². The summed E-state index contributed by atoms with van der Waals surface area (Å²) in [5.74, 6) is -0.582. The van der Waals surface area contributed by atoms with Gasteiger partial charge in [0, 0.05) is 19.2 Å². The van der Waals surface area contributed by atoms with Crippen molar-refractivity contribution in [1.82, 2.24) is 10.2 Å². The van der Waals surface area contributed by atoms with Crippen LogP contribution in [0.1, 0.15) is 59.3 Å². The molecule has 1 aliphatic rings. The van der Waals surface area contributed by atoms with Gasteiger partial charge in [-0.2, -0.15) is 0 Å². The Morgan fingerprint density at radius 3 is 2.30 bits per heavy atom. The van der Waals surface area contributed by atoms with E-state index in [2.05, 4.69) is 10.6 Å². The van der Waals surface area contributed by atoms with E-state index in [0.29, 0.717) is 19.4 Å². The van der Waals surface area contributed by atoms with Crippen LogP contribution in [-0.4, -0.2) is 40.7 Å². The van der Waals surface area contributed by atoms with Gasteiger partial charge >= 0.3 is 0 Å². The molecule has 1 aromatic rings. The summed E-state index contributed by atoms with van der Waals surface area (Å²) in [6.45, 7) is 5.56. The van der Waals surface area contributed by atoms with E-state index in [1.807, 2.05) is 37.3 Å². The van der Waals surface area contributed by atoms with Gasteiger partial charge in [-0.15, -0.1) is 0 Å². The lowest BCUT2D eigenvalue weighted by Gasteiger charge is -2.46. The molecule has 0 heterocycles. The molecule has 3 amide bonds. The number of nitrogens with one attached hydrogen (secondary N) is 2. The Hall–Kier alpha value is -2.37. The van der Waals surface area contributed by atoms with Crippen LogP contribution in [0.25, 0.3) is 0 Å². The summed E-state index contributed by atoms with van der Waals surface area (Å²) >= 11 is 0. The molecule has 2 rings (SSSR count). The number of para-hydroxylation sites is 1. The Morgan fingerprint density at radius 2 is 1.74 bits per heavy atom. The molecule has 0 bridgehead atoms. The van der Waals surface area contributed by atoms with Gasteiger partial charge < -0.3 is 15.5 Å². The van der Waals surface area contributed by atoms with Crippen LogP contribution in [0.2, 0.25) is 0 Å². The van der Waals surface area contributed by atoms with Crippen molar-refractivity contribution in [2.45, 2.75) is 70.9 Å². The van der Waals surface area contributed by atoms with Crippen molar-refractivity contribution in [3.63, 3.8) is 0 Å². The summed E-state index contributed by atoms with van der Waals surface area (Å²) in [6, 6.07) is 8.68. The summed E-state index contributed by atoms with van der Waals surface area (Å²) < 4.78 is 0. The second kappa shape index (κ2) is 9.53. The third-order valence-corrected chi connectivity index (χ3v) is 5.16. The van der Waals surface area contributed by atoms with Crippen LogP contribution < -0.4 is 10.6 Å². The van der Waals surface area contributed by atoms with Crippen molar-refractivity contribution in [1.29, 1.82) is 0 Å². The first-order valence-corrected chi connectivity index (χ1v) is 9.86. The Morgan fingerprint density at radius 1 is 1.11 bits per heavy atom. The lowest BCUT2D eigenvalue weighted by molar-refractivity contribution is -0.150. The van der Waals surface area contributed by atoms with Gasteiger partial charge in [-0.3, -0.25) is 14.4 Å². The third kappa shape index (κ3) is 5.08. The zero-order chi connectivity index (χ0) is 19.9. The van der Waals surface area contributed by atoms with Gasteiger partial charge in [0.05, 0.1) is 0 Å². The van der Waals surface area contributed by atoms with Crippen molar-refractivity contribution < 1.29 is 14.4 Å². The highest BCUT2D eigenvalue weighted by atomic mass is 16.2. The molecule has 1 saturated carbocycles. The molecular weight excluding hydrogens is 342 g/mol. The monoisotopic (exact) mass is 373 g/mol. The number of anilines is 1. The zero-order valence-corrected chi connectivity index (χ0v) is 16.6.